The average molecular weight is 163 g/mol. The standard InChI is InChI=1S/C8H5NO3/c10-5-3-1-2-4-6(5)7-8(11-7)9(4)12-8/h1-3,6-7H. The Kier molecular flexibility index (Phi) is 0.576. The molecule has 4 aliphatic rings. The van der Waals surface area contributed by atoms with E-state index in [1.807, 2.05) is 6.08 Å². The van der Waals surface area contributed by atoms with Gasteiger partial charge in [0.2, 0.25) is 0 Å². The summed E-state index contributed by atoms with van der Waals surface area (Å²) in [5.41, 5.74) is 0.957. The highest BCUT2D eigenvalue weighted by Gasteiger charge is 2.86. The van der Waals surface area contributed by atoms with Crippen LogP contribution in [0.3, 0.4) is 0 Å². The predicted octanol–water partition coefficient (Wildman–Crippen LogP) is -0.0612. The summed E-state index contributed by atoms with van der Waals surface area (Å²) in [6, 6.07) is 0. The van der Waals surface area contributed by atoms with Crippen molar-refractivity contribution < 1.29 is 14.4 Å². The minimum Gasteiger partial charge on any atom is -0.315 e. The van der Waals surface area contributed by atoms with Crippen LogP contribution in [0.15, 0.2) is 23.9 Å². The number of carbonyl (C=O) groups is 1. The zero-order chi connectivity index (χ0) is 7.92. The van der Waals surface area contributed by atoms with E-state index in [9.17, 15) is 4.79 Å². The Morgan fingerprint density at radius 2 is 2.50 bits per heavy atom. The van der Waals surface area contributed by atoms with Gasteiger partial charge in [0, 0.05) is 0 Å². The van der Waals surface area contributed by atoms with Crippen LogP contribution < -0.4 is 0 Å². The van der Waals surface area contributed by atoms with Crippen LogP contribution in [0.4, 0.5) is 0 Å². The third kappa shape index (κ3) is 0.364. The Labute approximate surface area is 68.0 Å². The zero-order valence-electron chi connectivity index (χ0n) is 6.06. The van der Waals surface area contributed by atoms with Crippen molar-refractivity contribution in [2.24, 2.45) is 5.92 Å². The molecule has 0 aromatic rings. The van der Waals surface area contributed by atoms with Crippen LogP contribution in [0.1, 0.15) is 0 Å². The van der Waals surface area contributed by atoms with E-state index in [1.165, 1.54) is 0 Å². The highest BCUT2D eigenvalue weighted by atomic mass is 17.0. The Hall–Kier alpha value is -1.13. The van der Waals surface area contributed by atoms with Gasteiger partial charge < -0.3 is 4.74 Å². The molecule has 0 saturated carbocycles. The number of nitrogens with zero attached hydrogens (tertiary/aromatic N) is 1. The molecule has 0 bridgehead atoms. The number of hydroxylamine groups is 2. The summed E-state index contributed by atoms with van der Waals surface area (Å²) in [6.45, 7) is 0. The molecule has 0 N–H and O–H groups in total. The summed E-state index contributed by atoms with van der Waals surface area (Å²) in [6.07, 6.45) is 5.22. The van der Waals surface area contributed by atoms with Gasteiger partial charge in [0.05, 0.1) is 11.6 Å². The van der Waals surface area contributed by atoms with Crippen molar-refractivity contribution in [3.63, 3.8) is 0 Å². The second-order valence-corrected chi connectivity index (χ2v) is 3.39. The van der Waals surface area contributed by atoms with Crippen molar-refractivity contribution in [3.05, 3.63) is 23.9 Å². The Bertz CT molecular complexity index is 372. The van der Waals surface area contributed by atoms with Crippen molar-refractivity contribution in [2.45, 2.75) is 12.0 Å². The maximum absolute atomic E-state index is 11.4. The lowest BCUT2D eigenvalue weighted by Crippen LogP contribution is -2.22. The van der Waals surface area contributed by atoms with Crippen molar-refractivity contribution >= 4 is 5.78 Å². The summed E-state index contributed by atoms with van der Waals surface area (Å²) in [5.74, 6) is -0.466. The van der Waals surface area contributed by atoms with Gasteiger partial charge in [-0.25, -0.2) is 4.84 Å². The molecule has 1 aliphatic carbocycles. The maximum atomic E-state index is 11.4. The molecule has 4 nitrogen and oxygen atoms in total. The summed E-state index contributed by atoms with van der Waals surface area (Å²) in [4.78, 5) is 16.6. The predicted molar refractivity (Wildman–Crippen MR) is 36.2 cm³/mol. The maximum Gasteiger partial charge on any atom is 0.325 e. The molecular weight excluding hydrogens is 158 g/mol. The first-order chi connectivity index (χ1) is 5.83. The number of carbonyl (C=O) groups excluding carboxylic acids is 1. The number of hydrogen-bond donors (Lipinski definition) is 0. The first-order valence-corrected chi connectivity index (χ1v) is 3.92. The molecule has 3 atom stereocenters. The van der Waals surface area contributed by atoms with E-state index in [0.717, 1.165) is 5.70 Å². The number of rotatable bonds is 0. The topological polar surface area (TPSA) is 45.1 Å². The number of ether oxygens (including phenoxy) is 1. The number of ketones is 1. The van der Waals surface area contributed by atoms with Crippen LogP contribution in [0.25, 0.3) is 0 Å². The van der Waals surface area contributed by atoms with Crippen molar-refractivity contribution in [1.29, 1.82) is 0 Å². The third-order valence-corrected chi connectivity index (χ3v) is 2.76. The van der Waals surface area contributed by atoms with Crippen LogP contribution >= 0.6 is 0 Å². The number of hydrogen-bond acceptors (Lipinski definition) is 4. The molecule has 3 heterocycles. The van der Waals surface area contributed by atoms with Gasteiger partial charge in [0.1, 0.15) is 0 Å². The molecule has 3 saturated heterocycles. The zero-order valence-corrected chi connectivity index (χ0v) is 6.06. The lowest BCUT2D eigenvalue weighted by molar-refractivity contribution is -0.118. The van der Waals surface area contributed by atoms with Gasteiger partial charge in [-0.3, -0.25) is 4.79 Å². The molecule has 3 unspecified atom stereocenters. The monoisotopic (exact) mass is 163 g/mol. The number of fused-ring (bicyclic) bond motifs is 3. The Balaban J connectivity index is 1.91. The molecular formula is C8H5NO3. The molecule has 4 heteroatoms. The molecule has 3 fully saturated rings. The van der Waals surface area contributed by atoms with Crippen LogP contribution in [0.5, 0.6) is 0 Å². The molecule has 1 spiro atoms. The number of epoxide rings is 1. The molecule has 3 aliphatic heterocycles. The van der Waals surface area contributed by atoms with E-state index in [0.29, 0.717) is 0 Å². The summed E-state index contributed by atoms with van der Waals surface area (Å²) in [5, 5.41) is 1.70. The molecule has 0 aromatic heterocycles. The van der Waals surface area contributed by atoms with E-state index >= 15 is 0 Å². The molecule has 0 aromatic carbocycles. The summed E-state index contributed by atoms with van der Waals surface area (Å²) in [7, 11) is 0. The number of allylic oxidation sites excluding steroid dienone is 3. The summed E-state index contributed by atoms with van der Waals surface area (Å²) >= 11 is 0. The first-order valence-electron chi connectivity index (χ1n) is 3.92. The minimum absolute atomic E-state index is 0.0406. The Morgan fingerprint density at radius 1 is 1.58 bits per heavy atom. The summed E-state index contributed by atoms with van der Waals surface area (Å²) < 4.78 is 5.26. The van der Waals surface area contributed by atoms with E-state index in [4.69, 9.17) is 9.57 Å². The lowest BCUT2D eigenvalue weighted by Gasteiger charge is -2.13. The van der Waals surface area contributed by atoms with Crippen molar-refractivity contribution in [3.8, 4) is 0 Å². The quantitative estimate of drug-likeness (QED) is 0.469. The van der Waals surface area contributed by atoms with E-state index in [-0.39, 0.29) is 17.8 Å². The van der Waals surface area contributed by atoms with E-state index in [2.05, 4.69) is 0 Å². The largest absolute Gasteiger partial charge is 0.325 e. The third-order valence-electron chi connectivity index (χ3n) is 2.76. The van der Waals surface area contributed by atoms with Crippen LogP contribution in [0.2, 0.25) is 0 Å². The van der Waals surface area contributed by atoms with E-state index < -0.39 is 5.91 Å². The molecule has 60 valence electrons. The van der Waals surface area contributed by atoms with Crippen molar-refractivity contribution in [2.75, 3.05) is 0 Å². The average Bonchev–Trinajstić information content (AvgIpc) is 2.91. The second kappa shape index (κ2) is 1.26. The second-order valence-electron chi connectivity index (χ2n) is 3.39. The van der Waals surface area contributed by atoms with Crippen molar-refractivity contribution in [1.82, 2.24) is 5.06 Å². The van der Waals surface area contributed by atoms with Gasteiger partial charge in [-0.15, -0.1) is 0 Å². The van der Waals surface area contributed by atoms with E-state index in [1.54, 1.807) is 17.2 Å². The van der Waals surface area contributed by atoms with Gasteiger partial charge in [-0.1, -0.05) is 6.08 Å². The smallest absolute Gasteiger partial charge is 0.315 e. The van der Waals surface area contributed by atoms with Crippen LogP contribution in [-0.2, 0) is 14.4 Å². The highest BCUT2D eigenvalue weighted by Crippen LogP contribution is 2.67. The Morgan fingerprint density at radius 3 is 3.33 bits per heavy atom. The fourth-order valence-electron chi connectivity index (χ4n) is 2.10. The SMILES string of the molecule is O=C1C=CC=C2C1C1OC13ON23. The molecule has 4 rings (SSSR count). The first kappa shape index (κ1) is 5.50. The molecule has 0 radical (unpaired) electrons. The van der Waals surface area contributed by atoms with Gasteiger partial charge in [0.15, 0.2) is 11.9 Å². The van der Waals surface area contributed by atoms with Gasteiger partial charge in [-0.05, 0) is 12.2 Å². The molecule has 12 heavy (non-hydrogen) atoms. The van der Waals surface area contributed by atoms with Gasteiger partial charge >= 0.3 is 5.91 Å². The highest BCUT2D eigenvalue weighted by molar-refractivity contribution is 5.97. The van der Waals surface area contributed by atoms with Gasteiger partial charge in [0.25, 0.3) is 0 Å². The minimum atomic E-state index is -0.502. The van der Waals surface area contributed by atoms with Crippen LogP contribution in [-0.4, -0.2) is 22.9 Å². The fraction of sp³-hybridized carbons (Fsp3) is 0.375. The fourth-order valence-corrected chi connectivity index (χ4v) is 2.10. The lowest BCUT2D eigenvalue weighted by atomic mass is 9.95. The van der Waals surface area contributed by atoms with Crippen LogP contribution in [0, 0.1) is 5.92 Å². The van der Waals surface area contributed by atoms with Gasteiger partial charge in [-0.2, -0.15) is 5.06 Å². The molecule has 0 amide bonds. The normalized spacial score (nSPS) is 51.2.